The quantitative estimate of drug-likeness (QED) is 0.834. The molecule has 1 aromatic carbocycles. The molecule has 0 aliphatic rings. The first kappa shape index (κ1) is 13.0. The molecule has 1 heterocycles. The Balaban J connectivity index is 2.08. The molecule has 0 saturated carbocycles. The van der Waals surface area contributed by atoms with Crippen molar-refractivity contribution < 1.29 is 4.74 Å². The van der Waals surface area contributed by atoms with Gasteiger partial charge in [0.1, 0.15) is 18.2 Å². The summed E-state index contributed by atoms with van der Waals surface area (Å²) in [6.07, 6.45) is 2.05. The Kier molecular flexibility index (Phi) is 3.92. The van der Waals surface area contributed by atoms with E-state index in [-0.39, 0.29) is 0 Å². The highest BCUT2D eigenvalue weighted by Crippen LogP contribution is 2.18. The molecule has 0 radical (unpaired) electrons. The van der Waals surface area contributed by atoms with Crippen molar-refractivity contribution in [1.29, 1.82) is 0 Å². The maximum Gasteiger partial charge on any atom is 0.147 e. The van der Waals surface area contributed by atoms with Gasteiger partial charge in [-0.1, -0.05) is 11.6 Å². The third kappa shape index (κ3) is 3.05. The van der Waals surface area contributed by atoms with Crippen molar-refractivity contribution in [1.82, 2.24) is 9.55 Å². The van der Waals surface area contributed by atoms with Crippen LogP contribution in [0.2, 0.25) is 5.02 Å². The van der Waals surface area contributed by atoms with Crippen molar-refractivity contribution in [2.24, 2.45) is 0 Å². The van der Waals surface area contributed by atoms with Crippen molar-refractivity contribution in [2.45, 2.75) is 33.4 Å². The van der Waals surface area contributed by atoms with Crippen LogP contribution in [0.1, 0.15) is 31.4 Å². The lowest BCUT2D eigenvalue weighted by Crippen LogP contribution is -2.08. The zero-order valence-electron chi connectivity index (χ0n) is 10.9. The number of nitrogens with zero attached hydrogens (tertiary/aromatic N) is 2. The molecule has 0 aliphatic heterocycles. The van der Waals surface area contributed by atoms with E-state index in [9.17, 15) is 0 Å². The summed E-state index contributed by atoms with van der Waals surface area (Å²) < 4.78 is 7.84. The Morgan fingerprint density at radius 3 is 2.56 bits per heavy atom. The van der Waals surface area contributed by atoms with E-state index in [0.29, 0.717) is 17.7 Å². The molecule has 0 bridgehead atoms. The van der Waals surface area contributed by atoms with Gasteiger partial charge in [0.2, 0.25) is 0 Å². The minimum atomic E-state index is 0.384. The molecule has 0 N–H and O–H groups in total. The monoisotopic (exact) mass is 264 g/mol. The predicted octanol–water partition coefficient (Wildman–Crippen LogP) is 4.00. The first-order chi connectivity index (χ1) is 8.56. The summed E-state index contributed by atoms with van der Waals surface area (Å²) in [5, 5.41) is 0.710. The Hall–Kier alpha value is -1.48. The Morgan fingerprint density at radius 1 is 1.28 bits per heavy atom. The van der Waals surface area contributed by atoms with E-state index in [1.807, 2.05) is 37.4 Å². The van der Waals surface area contributed by atoms with E-state index in [1.54, 1.807) is 0 Å². The Bertz CT molecular complexity index is 517. The van der Waals surface area contributed by atoms with E-state index in [0.717, 1.165) is 17.3 Å². The van der Waals surface area contributed by atoms with Crippen LogP contribution < -0.4 is 4.74 Å². The van der Waals surface area contributed by atoms with Gasteiger partial charge in [-0.05, 0) is 45.0 Å². The molecule has 0 fully saturated rings. The van der Waals surface area contributed by atoms with Gasteiger partial charge in [0.25, 0.3) is 0 Å². The summed E-state index contributed by atoms with van der Waals surface area (Å²) in [6, 6.07) is 7.74. The summed E-state index contributed by atoms with van der Waals surface area (Å²) in [6.45, 7) is 6.72. The Morgan fingerprint density at radius 2 is 1.94 bits per heavy atom. The number of aromatic nitrogens is 2. The number of rotatable bonds is 4. The van der Waals surface area contributed by atoms with Gasteiger partial charge in [-0.3, -0.25) is 0 Å². The summed E-state index contributed by atoms with van der Waals surface area (Å²) in [4.78, 5) is 4.48. The van der Waals surface area contributed by atoms with Gasteiger partial charge >= 0.3 is 0 Å². The zero-order valence-corrected chi connectivity index (χ0v) is 11.6. The van der Waals surface area contributed by atoms with Crippen molar-refractivity contribution in [3.8, 4) is 5.75 Å². The molecule has 96 valence electrons. The molecule has 0 amide bonds. The van der Waals surface area contributed by atoms with Crippen molar-refractivity contribution >= 4 is 11.6 Å². The normalized spacial score (nSPS) is 10.9. The molecule has 18 heavy (non-hydrogen) atoms. The first-order valence-electron chi connectivity index (χ1n) is 5.99. The third-order valence-corrected chi connectivity index (χ3v) is 2.92. The summed E-state index contributed by atoms with van der Waals surface area (Å²) in [7, 11) is 0. The summed E-state index contributed by atoms with van der Waals surface area (Å²) in [5.41, 5.74) is 1.01. The summed E-state index contributed by atoms with van der Waals surface area (Å²) in [5.74, 6) is 1.74. The van der Waals surface area contributed by atoms with Gasteiger partial charge in [-0.2, -0.15) is 0 Å². The second-order valence-electron chi connectivity index (χ2n) is 4.54. The van der Waals surface area contributed by atoms with Crippen LogP contribution in [0, 0.1) is 6.92 Å². The second kappa shape index (κ2) is 5.44. The van der Waals surface area contributed by atoms with Crippen molar-refractivity contribution in [3.63, 3.8) is 0 Å². The second-order valence-corrected chi connectivity index (χ2v) is 4.98. The molecule has 0 unspecified atom stereocenters. The average molecular weight is 265 g/mol. The van der Waals surface area contributed by atoms with Crippen molar-refractivity contribution in [2.75, 3.05) is 0 Å². The first-order valence-corrected chi connectivity index (χ1v) is 6.37. The molecule has 0 atom stereocenters. The highest BCUT2D eigenvalue weighted by molar-refractivity contribution is 6.30. The molecule has 3 nitrogen and oxygen atoms in total. The SMILES string of the molecule is Cc1cn(C(C)C)c(COc2ccc(Cl)cc2)n1. The molecule has 0 aliphatic carbocycles. The molecule has 0 spiro atoms. The van der Waals surface area contributed by atoms with Gasteiger partial charge in [-0.25, -0.2) is 4.98 Å². The molecule has 4 heteroatoms. The number of hydrogen-bond donors (Lipinski definition) is 0. The highest BCUT2D eigenvalue weighted by Gasteiger charge is 2.09. The number of halogens is 1. The van der Waals surface area contributed by atoms with Gasteiger partial charge in [0.05, 0.1) is 5.69 Å². The van der Waals surface area contributed by atoms with Crippen LogP contribution >= 0.6 is 11.6 Å². The van der Waals surface area contributed by atoms with Crippen LogP contribution in [-0.2, 0) is 6.61 Å². The van der Waals surface area contributed by atoms with Crippen molar-refractivity contribution in [3.05, 3.63) is 47.0 Å². The fourth-order valence-electron chi connectivity index (χ4n) is 1.80. The lowest BCUT2D eigenvalue weighted by Gasteiger charge is -2.12. The molecule has 2 aromatic rings. The summed E-state index contributed by atoms with van der Waals surface area (Å²) >= 11 is 5.83. The van der Waals surface area contributed by atoms with Crippen LogP contribution in [0.3, 0.4) is 0 Å². The largest absolute Gasteiger partial charge is 0.486 e. The lowest BCUT2D eigenvalue weighted by atomic mass is 10.3. The van der Waals surface area contributed by atoms with E-state index in [1.165, 1.54) is 0 Å². The van der Waals surface area contributed by atoms with Crippen LogP contribution in [-0.4, -0.2) is 9.55 Å². The maximum atomic E-state index is 5.83. The zero-order chi connectivity index (χ0) is 13.1. The fraction of sp³-hybridized carbons (Fsp3) is 0.357. The Labute approximate surface area is 112 Å². The smallest absolute Gasteiger partial charge is 0.147 e. The fourth-order valence-corrected chi connectivity index (χ4v) is 1.92. The van der Waals surface area contributed by atoms with Crippen LogP contribution in [0.4, 0.5) is 0 Å². The minimum absolute atomic E-state index is 0.384. The van der Waals surface area contributed by atoms with Gasteiger partial charge in [0, 0.05) is 17.3 Å². The van der Waals surface area contributed by atoms with E-state index >= 15 is 0 Å². The standard InChI is InChI=1S/C14H17ClN2O/c1-10(2)17-8-11(3)16-14(17)9-18-13-6-4-12(15)5-7-13/h4-8,10H,9H2,1-3H3. The third-order valence-electron chi connectivity index (χ3n) is 2.67. The minimum Gasteiger partial charge on any atom is -0.486 e. The number of benzene rings is 1. The van der Waals surface area contributed by atoms with Crippen LogP contribution in [0.5, 0.6) is 5.75 Å². The van der Waals surface area contributed by atoms with E-state index in [2.05, 4.69) is 23.4 Å². The van der Waals surface area contributed by atoms with Crippen LogP contribution in [0.15, 0.2) is 30.5 Å². The highest BCUT2D eigenvalue weighted by atomic mass is 35.5. The topological polar surface area (TPSA) is 27.1 Å². The molecular weight excluding hydrogens is 248 g/mol. The number of ether oxygens (including phenoxy) is 1. The molecule has 0 saturated heterocycles. The number of imidazole rings is 1. The predicted molar refractivity (Wildman–Crippen MR) is 73.1 cm³/mol. The van der Waals surface area contributed by atoms with E-state index in [4.69, 9.17) is 16.3 Å². The molecule has 1 aromatic heterocycles. The number of hydrogen-bond acceptors (Lipinski definition) is 2. The van der Waals surface area contributed by atoms with Crippen LogP contribution in [0.25, 0.3) is 0 Å². The molecule has 2 rings (SSSR count). The van der Waals surface area contributed by atoms with Gasteiger partial charge in [0.15, 0.2) is 0 Å². The van der Waals surface area contributed by atoms with Gasteiger partial charge < -0.3 is 9.30 Å². The average Bonchev–Trinajstić information content (AvgIpc) is 2.70. The van der Waals surface area contributed by atoms with Gasteiger partial charge in [-0.15, -0.1) is 0 Å². The maximum absolute atomic E-state index is 5.83. The molecular formula is C14H17ClN2O. The van der Waals surface area contributed by atoms with E-state index < -0.39 is 0 Å². The lowest BCUT2D eigenvalue weighted by molar-refractivity contribution is 0.286. The number of aryl methyl sites for hydroxylation is 1.